The topological polar surface area (TPSA) is 99.1 Å². The van der Waals surface area contributed by atoms with Crippen LogP contribution >= 0.6 is 0 Å². The predicted molar refractivity (Wildman–Crippen MR) is 83.0 cm³/mol. The first kappa shape index (κ1) is 19.4. The van der Waals surface area contributed by atoms with Crippen molar-refractivity contribution in [1.29, 1.82) is 0 Å². The first-order valence-electron chi connectivity index (χ1n) is 7.00. The van der Waals surface area contributed by atoms with Gasteiger partial charge in [-0.2, -0.15) is 13.2 Å². The maximum atomic E-state index is 12.7. The Morgan fingerprint density at radius 2 is 1.96 bits per heavy atom. The number of hydrogen-bond donors (Lipinski definition) is 2. The van der Waals surface area contributed by atoms with Gasteiger partial charge in [0, 0.05) is 23.7 Å². The lowest BCUT2D eigenvalue weighted by Gasteiger charge is -2.19. The Labute approximate surface area is 136 Å². The summed E-state index contributed by atoms with van der Waals surface area (Å²) in [7, 11) is 0. The lowest BCUT2D eigenvalue weighted by molar-refractivity contribution is -0.137. The third-order valence-electron chi connectivity index (χ3n) is 2.59. The highest BCUT2D eigenvalue weighted by molar-refractivity contribution is 5.68. The molecule has 0 atom stereocenters. The molecule has 0 saturated heterocycles. The summed E-state index contributed by atoms with van der Waals surface area (Å²) in [6, 6.07) is 2.80. The van der Waals surface area contributed by atoms with Gasteiger partial charge in [-0.15, -0.1) is 0 Å². The molecule has 0 bridgehead atoms. The van der Waals surface area contributed by atoms with Gasteiger partial charge < -0.3 is 15.4 Å². The highest BCUT2D eigenvalue weighted by Gasteiger charge is 2.30. The summed E-state index contributed by atoms with van der Waals surface area (Å²) in [5.74, 6) is 0. The normalized spacial score (nSPS) is 11.4. The summed E-state index contributed by atoms with van der Waals surface area (Å²) < 4.78 is 43.0. The van der Waals surface area contributed by atoms with Gasteiger partial charge in [-0.1, -0.05) is 5.11 Å². The third-order valence-corrected chi connectivity index (χ3v) is 2.59. The van der Waals surface area contributed by atoms with Crippen LogP contribution in [0, 0.1) is 0 Å². The fraction of sp³-hybridized carbons (Fsp3) is 0.500. The molecule has 0 aliphatic carbocycles. The number of azide groups is 1. The second-order valence-electron chi connectivity index (χ2n) is 5.77. The average Bonchev–Trinajstić information content (AvgIpc) is 2.42. The Bertz CT molecular complexity index is 634. The summed E-state index contributed by atoms with van der Waals surface area (Å²) in [4.78, 5) is 14.0. The zero-order valence-corrected chi connectivity index (χ0v) is 13.4. The maximum absolute atomic E-state index is 12.7. The minimum absolute atomic E-state index is 0.172. The van der Waals surface area contributed by atoms with Crippen LogP contribution < -0.4 is 10.6 Å². The van der Waals surface area contributed by atoms with Crippen molar-refractivity contribution in [2.45, 2.75) is 32.5 Å². The van der Waals surface area contributed by atoms with Crippen LogP contribution in [0.2, 0.25) is 0 Å². The smallest absolute Gasteiger partial charge is 0.416 e. The molecular formula is C14H18F3N5O2. The number of alkyl halides is 3. The summed E-state index contributed by atoms with van der Waals surface area (Å²) >= 11 is 0. The molecular weight excluding hydrogens is 327 g/mol. The summed E-state index contributed by atoms with van der Waals surface area (Å²) in [5.41, 5.74) is 6.98. The second kappa shape index (κ2) is 7.78. The molecule has 0 aromatic heterocycles. The third kappa shape index (κ3) is 6.66. The molecule has 10 heteroatoms. The van der Waals surface area contributed by atoms with E-state index in [4.69, 9.17) is 10.3 Å². The van der Waals surface area contributed by atoms with Crippen LogP contribution in [0.25, 0.3) is 10.4 Å². The van der Waals surface area contributed by atoms with Crippen molar-refractivity contribution >= 4 is 17.5 Å². The van der Waals surface area contributed by atoms with Crippen LogP contribution in [0.5, 0.6) is 0 Å². The zero-order valence-electron chi connectivity index (χ0n) is 13.4. The molecule has 0 aliphatic heterocycles. The van der Waals surface area contributed by atoms with Crippen molar-refractivity contribution in [3.63, 3.8) is 0 Å². The molecule has 0 unspecified atom stereocenters. The van der Waals surface area contributed by atoms with Crippen molar-refractivity contribution in [1.82, 2.24) is 5.32 Å². The summed E-state index contributed by atoms with van der Waals surface area (Å²) in [6.45, 7) is 5.54. The molecule has 0 aliphatic rings. The van der Waals surface area contributed by atoms with Crippen molar-refractivity contribution in [2.24, 2.45) is 5.11 Å². The molecule has 132 valence electrons. The minimum atomic E-state index is -4.53. The van der Waals surface area contributed by atoms with Gasteiger partial charge in [0.05, 0.1) is 11.3 Å². The van der Waals surface area contributed by atoms with Gasteiger partial charge in [0.2, 0.25) is 0 Å². The van der Waals surface area contributed by atoms with E-state index in [0.717, 1.165) is 12.1 Å². The molecule has 7 nitrogen and oxygen atoms in total. The van der Waals surface area contributed by atoms with Gasteiger partial charge in [-0.25, -0.2) is 4.79 Å². The molecule has 24 heavy (non-hydrogen) atoms. The van der Waals surface area contributed by atoms with E-state index in [-0.39, 0.29) is 24.5 Å². The average molecular weight is 345 g/mol. The first-order chi connectivity index (χ1) is 11.0. The number of nitrogens with zero attached hydrogens (tertiary/aromatic N) is 3. The van der Waals surface area contributed by atoms with E-state index in [1.165, 1.54) is 6.07 Å². The van der Waals surface area contributed by atoms with E-state index in [1.807, 2.05) is 0 Å². The molecule has 1 amide bonds. The number of nitrogens with one attached hydrogen (secondary N) is 2. The number of carbonyl (C=O) groups is 1. The Hall–Kier alpha value is -2.61. The number of benzene rings is 1. The quantitative estimate of drug-likeness (QED) is 0.353. The number of alkyl carbamates (subject to hydrolysis) is 1. The monoisotopic (exact) mass is 345 g/mol. The molecule has 0 spiro atoms. The Kier molecular flexibility index (Phi) is 6.30. The van der Waals surface area contributed by atoms with E-state index in [9.17, 15) is 18.0 Å². The minimum Gasteiger partial charge on any atom is -0.444 e. The Morgan fingerprint density at radius 3 is 2.50 bits per heavy atom. The van der Waals surface area contributed by atoms with E-state index in [2.05, 4.69) is 20.7 Å². The van der Waals surface area contributed by atoms with Crippen molar-refractivity contribution < 1.29 is 22.7 Å². The van der Waals surface area contributed by atoms with Crippen LogP contribution in [-0.2, 0) is 10.9 Å². The van der Waals surface area contributed by atoms with Gasteiger partial charge >= 0.3 is 12.3 Å². The SMILES string of the molecule is CC(C)(C)OC(=O)NCCNc1ccc(C(F)(F)F)cc1N=[N+]=[N-]. The molecule has 0 fully saturated rings. The van der Waals surface area contributed by atoms with E-state index in [0.29, 0.717) is 0 Å². The van der Waals surface area contributed by atoms with Crippen LogP contribution in [0.3, 0.4) is 0 Å². The molecule has 1 aromatic rings. The number of carbonyl (C=O) groups excluding carboxylic acids is 1. The number of ether oxygens (including phenoxy) is 1. The van der Waals surface area contributed by atoms with E-state index < -0.39 is 23.4 Å². The number of halogens is 3. The molecule has 1 rings (SSSR count). The van der Waals surface area contributed by atoms with Gasteiger partial charge in [0.1, 0.15) is 5.60 Å². The van der Waals surface area contributed by atoms with Crippen LogP contribution in [0.15, 0.2) is 23.3 Å². The van der Waals surface area contributed by atoms with Gasteiger partial charge in [0.15, 0.2) is 0 Å². The standard InChI is InChI=1S/C14H18F3N5O2/c1-13(2,3)24-12(23)20-7-6-19-10-5-4-9(14(15,16)17)8-11(10)21-22-18/h4-5,8,19H,6-7H2,1-3H3,(H,20,23). The van der Waals surface area contributed by atoms with Gasteiger partial charge in [-0.05, 0) is 44.5 Å². The Balaban J connectivity index is 2.65. The van der Waals surface area contributed by atoms with Crippen LogP contribution in [-0.4, -0.2) is 24.8 Å². The number of anilines is 1. The molecule has 0 radical (unpaired) electrons. The number of rotatable bonds is 5. The first-order valence-corrected chi connectivity index (χ1v) is 7.00. The number of amides is 1. The van der Waals surface area contributed by atoms with E-state index in [1.54, 1.807) is 20.8 Å². The second-order valence-corrected chi connectivity index (χ2v) is 5.77. The number of hydrogen-bond acceptors (Lipinski definition) is 4. The van der Waals surface area contributed by atoms with Crippen LogP contribution in [0.4, 0.5) is 29.3 Å². The molecule has 0 saturated carbocycles. The Morgan fingerprint density at radius 1 is 1.29 bits per heavy atom. The molecule has 2 N–H and O–H groups in total. The molecule has 0 heterocycles. The van der Waals surface area contributed by atoms with Crippen molar-refractivity contribution in [2.75, 3.05) is 18.4 Å². The van der Waals surface area contributed by atoms with Crippen molar-refractivity contribution in [3.8, 4) is 0 Å². The summed E-state index contributed by atoms with van der Waals surface area (Å²) in [6.07, 6.45) is -5.14. The zero-order chi connectivity index (χ0) is 18.4. The fourth-order valence-electron chi connectivity index (χ4n) is 1.66. The maximum Gasteiger partial charge on any atom is 0.416 e. The fourth-order valence-corrected chi connectivity index (χ4v) is 1.66. The van der Waals surface area contributed by atoms with Crippen LogP contribution in [0.1, 0.15) is 26.3 Å². The lowest BCUT2D eigenvalue weighted by atomic mass is 10.1. The highest BCUT2D eigenvalue weighted by Crippen LogP contribution is 2.35. The van der Waals surface area contributed by atoms with Gasteiger partial charge in [-0.3, -0.25) is 0 Å². The molecule has 1 aromatic carbocycles. The van der Waals surface area contributed by atoms with E-state index >= 15 is 0 Å². The lowest BCUT2D eigenvalue weighted by Crippen LogP contribution is -2.35. The van der Waals surface area contributed by atoms with Gasteiger partial charge in [0.25, 0.3) is 0 Å². The highest BCUT2D eigenvalue weighted by atomic mass is 19.4. The summed E-state index contributed by atoms with van der Waals surface area (Å²) in [5, 5.41) is 8.53. The van der Waals surface area contributed by atoms with Crippen molar-refractivity contribution in [3.05, 3.63) is 34.2 Å². The predicted octanol–water partition coefficient (Wildman–Crippen LogP) is 4.58. The largest absolute Gasteiger partial charge is 0.444 e.